The maximum Gasteiger partial charge on any atom is 0.241 e. The number of halogens is 1. The molecule has 1 aliphatic heterocycles. The molecular formula is C23H22BrN5OS. The number of benzene rings is 1. The van der Waals surface area contributed by atoms with Gasteiger partial charge in [0.2, 0.25) is 11.7 Å². The molecule has 0 unspecified atom stereocenters. The molecule has 0 saturated carbocycles. The van der Waals surface area contributed by atoms with Crippen LogP contribution < -0.4 is 0 Å². The largest absolute Gasteiger partial charge is 0.338 e. The molecule has 1 fully saturated rings. The standard InChI is InChI=1S/C23H22BrN5OS/c24-19-5-1-3-17(13-19)21-7-6-20(31-21)15-28-9-11-29(12-10-28)16-22-26-23(27-30-22)18-4-2-8-25-14-18/h1-8,13-14H,9-12,15-16H2. The number of hydrogen-bond donors (Lipinski definition) is 0. The third kappa shape index (κ3) is 5.10. The van der Waals surface area contributed by atoms with Crippen molar-refractivity contribution < 1.29 is 4.52 Å². The maximum absolute atomic E-state index is 5.45. The predicted molar refractivity (Wildman–Crippen MR) is 126 cm³/mol. The summed E-state index contributed by atoms with van der Waals surface area (Å²) < 4.78 is 6.57. The normalized spacial score (nSPS) is 15.4. The van der Waals surface area contributed by atoms with Crippen LogP contribution in [0.15, 0.2) is 69.9 Å². The van der Waals surface area contributed by atoms with Crippen molar-refractivity contribution in [3.05, 3.63) is 76.2 Å². The molecule has 0 spiro atoms. The zero-order valence-corrected chi connectivity index (χ0v) is 19.3. The van der Waals surface area contributed by atoms with Crippen LogP contribution in [0.5, 0.6) is 0 Å². The summed E-state index contributed by atoms with van der Waals surface area (Å²) in [6.07, 6.45) is 3.49. The van der Waals surface area contributed by atoms with Crippen molar-refractivity contribution in [2.75, 3.05) is 26.2 Å². The Kier molecular flexibility index (Phi) is 6.22. The first-order valence-corrected chi connectivity index (χ1v) is 11.9. The van der Waals surface area contributed by atoms with Gasteiger partial charge in [0, 0.05) is 64.9 Å². The fraction of sp³-hybridized carbons (Fsp3) is 0.261. The molecule has 3 aromatic heterocycles. The number of hydrogen-bond acceptors (Lipinski definition) is 7. The van der Waals surface area contributed by atoms with Crippen LogP contribution in [0, 0.1) is 0 Å². The van der Waals surface area contributed by atoms with Crippen LogP contribution in [0.2, 0.25) is 0 Å². The van der Waals surface area contributed by atoms with Gasteiger partial charge in [-0.25, -0.2) is 0 Å². The van der Waals surface area contributed by atoms with Crippen LogP contribution in [0.3, 0.4) is 0 Å². The summed E-state index contributed by atoms with van der Waals surface area (Å²) >= 11 is 5.44. The highest BCUT2D eigenvalue weighted by molar-refractivity contribution is 9.10. The second kappa shape index (κ2) is 9.40. The van der Waals surface area contributed by atoms with Gasteiger partial charge < -0.3 is 4.52 Å². The highest BCUT2D eigenvalue weighted by atomic mass is 79.9. The molecule has 0 radical (unpaired) electrons. The van der Waals surface area contributed by atoms with E-state index in [9.17, 15) is 0 Å². The minimum atomic E-state index is 0.598. The molecular weight excluding hydrogens is 474 g/mol. The molecule has 0 N–H and O–H groups in total. The zero-order valence-electron chi connectivity index (χ0n) is 16.9. The highest BCUT2D eigenvalue weighted by Crippen LogP contribution is 2.30. The summed E-state index contributed by atoms with van der Waals surface area (Å²) in [5.74, 6) is 1.25. The van der Waals surface area contributed by atoms with E-state index in [0.717, 1.165) is 42.8 Å². The molecule has 0 atom stereocenters. The fourth-order valence-electron chi connectivity index (χ4n) is 3.71. The van der Waals surface area contributed by atoms with Crippen molar-refractivity contribution in [2.45, 2.75) is 13.1 Å². The van der Waals surface area contributed by atoms with E-state index in [-0.39, 0.29) is 0 Å². The third-order valence-electron chi connectivity index (χ3n) is 5.36. The summed E-state index contributed by atoms with van der Waals surface area (Å²) in [6, 6.07) is 16.8. The van der Waals surface area contributed by atoms with Gasteiger partial charge >= 0.3 is 0 Å². The van der Waals surface area contributed by atoms with E-state index in [1.807, 2.05) is 23.5 Å². The molecule has 4 aromatic rings. The number of nitrogens with zero attached hydrogens (tertiary/aromatic N) is 5. The van der Waals surface area contributed by atoms with Crippen LogP contribution in [-0.4, -0.2) is 51.1 Å². The SMILES string of the molecule is Brc1cccc(-c2ccc(CN3CCN(Cc4nc(-c5cccnc5)no4)CC3)s2)c1. The first kappa shape index (κ1) is 20.5. The average Bonchev–Trinajstić information content (AvgIpc) is 3.46. The average molecular weight is 496 g/mol. The Morgan fingerprint density at radius 3 is 2.52 bits per heavy atom. The molecule has 31 heavy (non-hydrogen) atoms. The minimum absolute atomic E-state index is 0.598. The van der Waals surface area contributed by atoms with Crippen LogP contribution in [0.1, 0.15) is 10.8 Å². The number of piperazine rings is 1. The summed E-state index contributed by atoms with van der Waals surface area (Å²) in [5, 5.41) is 4.09. The summed E-state index contributed by atoms with van der Waals surface area (Å²) in [7, 11) is 0. The van der Waals surface area contributed by atoms with Crippen molar-refractivity contribution >= 4 is 27.3 Å². The van der Waals surface area contributed by atoms with Gasteiger partial charge in [0.05, 0.1) is 6.54 Å². The Morgan fingerprint density at radius 1 is 0.935 bits per heavy atom. The minimum Gasteiger partial charge on any atom is -0.338 e. The molecule has 4 heterocycles. The van der Waals surface area contributed by atoms with Crippen molar-refractivity contribution in [3.63, 3.8) is 0 Å². The van der Waals surface area contributed by atoms with Crippen molar-refractivity contribution in [2.24, 2.45) is 0 Å². The van der Waals surface area contributed by atoms with E-state index < -0.39 is 0 Å². The van der Waals surface area contributed by atoms with Crippen molar-refractivity contribution in [1.82, 2.24) is 24.9 Å². The van der Waals surface area contributed by atoms with E-state index in [2.05, 4.69) is 77.3 Å². The topological polar surface area (TPSA) is 58.3 Å². The number of thiophene rings is 1. The monoisotopic (exact) mass is 495 g/mol. The third-order valence-corrected chi connectivity index (χ3v) is 6.97. The summed E-state index contributed by atoms with van der Waals surface area (Å²) in [5.41, 5.74) is 2.14. The molecule has 0 amide bonds. The number of pyridine rings is 1. The lowest BCUT2D eigenvalue weighted by Gasteiger charge is -2.33. The van der Waals surface area contributed by atoms with Crippen molar-refractivity contribution in [3.8, 4) is 21.8 Å². The van der Waals surface area contributed by atoms with Gasteiger partial charge in [-0.3, -0.25) is 14.8 Å². The van der Waals surface area contributed by atoms with Crippen LogP contribution >= 0.6 is 27.3 Å². The molecule has 8 heteroatoms. The van der Waals surface area contributed by atoms with E-state index >= 15 is 0 Å². The van der Waals surface area contributed by atoms with Crippen LogP contribution in [0.25, 0.3) is 21.8 Å². The number of aromatic nitrogens is 3. The summed E-state index contributed by atoms with van der Waals surface area (Å²) in [6.45, 7) is 5.75. The quantitative estimate of drug-likeness (QED) is 0.377. The molecule has 0 aliphatic carbocycles. The molecule has 1 saturated heterocycles. The lowest BCUT2D eigenvalue weighted by molar-refractivity contribution is 0.113. The number of rotatable bonds is 6. The predicted octanol–water partition coefficient (Wildman–Crippen LogP) is 4.94. The maximum atomic E-state index is 5.45. The molecule has 6 nitrogen and oxygen atoms in total. The Bertz CT molecular complexity index is 1140. The van der Waals surface area contributed by atoms with Crippen LogP contribution in [-0.2, 0) is 13.1 Å². The molecule has 1 aromatic carbocycles. The second-order valence-electron chi connectivity index (χ2n) is 7.58. The second-order valence-corrected chi connectivity index (χ2v) is 9.67. The Morgan fingerprint density at radius 2 is 1.74 bits per heavy atom. The molecule has 1 aliphatic rings. The first-order chi connectivity index (χ1) is 15.2. The van der Waals surface area contributed by atoms with Gasteiger partial charge in [-0.05, 0) is 42.0 Å². The molecule has 158 valence electrons. The van der Waals surface area contributed by atoms with E-state index in [1.165, 1.54) is 15.3 Å². The smallest absolute Gasteiger partial charge is 0.241 e. The fourth-order valence-corrected chi connectivity index (χ4v) is 5.15. The van der Waals surface area contributed by atoms with Gasteiger partial charge in [0.25, 0.3) is 0 Å². The highest BCUT2D eigenvalue weighted by Gasteiger charge is 2.20. The Balaban J connectivity index is 1.13. The van der Waals surface area contributed by atoms with Gasteiger partial charge in [0.1, 0.15) is 0 Å². The summed E-state index contributed by atoms with van der Waals surface area (Å²) in [4.78, 5) is 16.2. The molecule has 0 bridgehead atoms. The Labute approximate surface area is 193 Å². The van der Waals surface area contributed by atoms with E-state index in [4.69, 9.17) is 4.52 Å². The lowest BCUT2D eigenvalue weighted by atomic mass is 10.2. The van der Waals surface area contributed by atoms with E-state index in [1.54, 1.807) is 12.4 Å². The van der Waals surface area contributed by atoms with Gasteiger partial charge in [-0.1, -0.05) is 33.2 Å². The van der Waals surface area contributed by atoms with Gasteiger partial charge in [0.15, 0.2) is 0 Å². The van der Waals surface area contributed by atoms with Crippen LogP contribution in [0.4, 0.5) is 0 Å². The Hall–Kier alpha value is -2.39. The molecule has 5 rings (SSSR count). The first-order valence-electron chi connectivity index (χ1n) is 10.3. The lowest BCUT2D eigenvalue weighted by Crippen LogP contribution is -2.45. The van der Waals surface area contributed by atoms with Gasteiger partial charge in [-0.2, -0.15) is 4.98 Å². The van der Waals surface area contributed by atoms with Crippen molar-refractivity contribution in [1.29, 1.82) is 0 Å². The zero-order chi connectivity index (χ0) is 21.0. The van der Waals surface area contributed by atoms with E-state index in [0.29, 0.717) is 18.3 Å². The van der Waals surface area contributed by atoms with Gasteiger partial charge in [-0.15, -0.1) is 11.3 Å².